The Bertz CT molecular complexity index is 1470. The molecule has 0 aliphatic heterocycles. The summed E-state index contributed by atoms with van der Waals surface area (Å²) in [6.45, 7) is 22.1. The molecule has 0 bridgehead atoms. The molecule has 3 aromatic rings. The number of carbonyl (C=O) groups is 1. The van der Waals surface area contributed by atoms with Crippen molar-refractivity contribution in [1.82, 2.24) is 10.0 Å². The third-order valence-corrected chi connectivity index (χ3v) is 8.84. The van der Waals surface area contributed by atoms with Gasteiger partial charge in [0.2, 0.25) is 5.91 Å². The number of nitrogens with one attached hydrogen (secondary N) is 2. The van der Waals surface area contributed by atoms with E-state index in [4.69, 9.17) is 4.18 Å². The van der Waals surface area contributed by atoms with Gasteiger partial charge in [0, 0.05) is 13.1 Å². The summed E-state index contributed by atoms with van der Waals surface area (Å²) in [5, 5.41) is 3.49. The fraction of sp³-hybridized carbons (Fsp3) is 0.486. The summed E-state index contributed by atoms with van der Waals surface area (Å²) in [5.41, 5.74) is 8.10. The van der Waals surface area contributed by atoms with Gasteiger partial charge in [-0.05, 0) is 74.1 Å². The zero-order valence-electron chi connectivity index (χ0n) is 28.2. The molecule has 0 atom stereocenters. The van der Waals surface area contributed by atoms with E-state index in [9.17, 15) is 13.2 Å². The average Bonchev–Trinajstić information content (AvgIpc) is 2.92. The zero-order chi connectivity index (χ0) is 32.8. The molecule has 0 aliphatic rings. The second-order valence-corrected chi connectivity index (χ2v) is 14.7. The molecule has 1 amide bonds. The molecule has 0 saturated carbocycles. The Labute approximate surface area is 266 Å². The van der Waals surface area contributed by atoms with Crippen LogP contribution in [0.15, 0.2) is 54.6 Å². The number of benzene rings is 3. The van der Waals surface area contributed by atoms with Crippen molar-refractivity contribution in [2.45, 2.75) is 118 Å². The van der Waals surface area contributed by atoms with Gasteiger partial charge in [-0.15, -0.1) is 0 Å². The maximum Gasteiger partial charge on any atom is 0.409 e. The van der Waals surface area contributed by atoms with Crippen molar-refractivity contribution in [2.75, 3.05) is 0 Å². The van der Waals surface area contributed by atoms with Gasteiger partial charge in [0.05, 0.1) is 6.42 Å². The minimum Gasteiger partial charge on any atom is -0.366 e. The Hall–Kier alpha value is -3.16. The summed E-state index contributed by atoms with van der Waals surface area (Å²) < 4.78 is 34.7. The van der Waals surface area contributed by atoms with Crippen molar-refractivity contribution in [3.05, 3.63) is 99.1 Å². The Balaban J connectivity index is 1.88. The summed E-state index contributed by atoms with van der Waals surface area (Å²) in [5.74, 6) is 0.417. The molecule has 7 heteroatoms. The van der Waals surface area contributed by atoms with Crippen LogP contribution >= 0.6 is 0 Å². The van der Waals surface area contributed by atoms with Crippen LogP contribution in [0.5, 0.6) is 5.75 Å². The summed E-state index contributed by atoms with van der Waals surface area (Å²) in [6.07, 6.45) is -0.0396. The first kappa shape index (κ1) is 35.3. The molecule has 44 heavy (non-hydrogen) atoms. The lowest BCUT2D eigenvalue weighted by Crippen LogP contribution is -2.36. The van der Waals surface area contributed by atoms with E-state index in [1.54, 1.807) is 0 Å². The quantitative estimate of drug-likeness (QED) is 0.189. The molecular formula is C37H52N2O4S. The number of carbonyl (C=O) groups excluding carboxylic acids is 1. The zero-order valence-corrected chi connectivity index (χ0v) is 29.1. The monoisotopic (exact) mass is 620 g/mol. The fourth-order valence-electron chi connectivity index (χ4n) is 5.52. The molecule has 6 nitrogen and oxygen atoms in total. The smallest absolute Gasteiger partial charge is 0.366 e. The Kier molecular flexibility index (Phi) is 12.2. The van der Waals surface area contributed by atoms with E-state index in [2.05, 4.69) is 75.8 Å². The predicted molar refractivity (Wildman–Crippen MR) is 182 cm³/mol. The van der Waals surface area contributed by atoms with Gasteiger partial charge >= 0.3 is 10.3 Å². The molecule has 0 aromatic heterocycles. The first-order chi connectivity index (χ1) is 20.6. The molecular weight excluding hydrogens is 568 g/mol. The summed E-state index contributed by atoms with van der Waals surface area (Å²) in [6, 6.07) is 18.5. The molecule has 0 heterocycles. The van der Waals surface area contributed by atoms with Crippen LogP contribution in [-0.4, -0.2) is 14.3 Å². The lowest BCUT2D eigenvalue weighted by atomic mass is 9.83. The molecule has 0 aliphatic carbocycles. The number of hydrogen-bond donors (Lipinski definition) is 2. The Morgan fingerprint density at radius 2 is 1.14 bits per heavy atom. The summed E-state index contributed by atoms with van der Waals surface area (Å²) >= 11 is 0. The van der Waals surface area contributed by atoms with Gasteiger partial charge in [-0.3, -0.25) is 4.79 Å². The van der Waals surface area contributed by atoms with Crippen molar-refractivity contribution in [2.24, 2.45) is 0 Å². The molecule has 0 unspecified atom stereocenters. The highest BCUT2D eigenvalue weighted by Crippen LogP contribution is 2.37. The molecule has 3 aromatic carbocycles. The lowest BCUT2D eigenvalue weighted by Gasteiger charge is -2.23. The Morgan fingerprint density at radius 3 is 1.59 bits per heavy atom. The van der Waals surface area contributed by atoms with E-state index >= 15 is 0 Å². The molecule has 240 valence electrons. The summed E-state index contributed by atoms with van der Waals surface area (Å²) in [4.78, 5) is 13.3. The van der Waals surface area contributed by atoms with E-state index in [-0.39, 0.29) is 30.1 Å². The summed E-state index contributed by atoms with van der Waals surface area (Å²) in [7, 11) is -4.43. The largest absolute Gasteiger partial charge is 0.409 e. The van der Waals surface area contributed by atoms with Crippen LogP contribution in [0.25, 0.3) is 0 Å². The van der Waals surface area contributed by atoms with Crippen molar-refractivity contribution in [1.29, 1.82) is 0 Å². The Morgan fingerprint density at radius 1 is 0.659 bits per heavy atom. The second-order valence-electron chi connectivity index (χ2n) is 13.4. The van der Waals surface area contributed by atoms with Crippen LogP contribution in [0, 0.1) is 0 Å². The highest BCUT2D eigenvalue weighted by molar-refractivity contribution is 7.85. The van der Waals surface area contributed by atoms with Gasteiger partial charge in [-0.1, -0.05) is 124 Å². The second kappa shape index (κ2) is 15.2. The van der Waals surface area contributed by atoms with Crippen molar-refractivity contribution < 1.29 is 17.4 Å². The van der Waals surface area contributed by atoms with Gasteiger partial charge < -0.3 is 9.50 Å². The maximum atomic E-state index is 13.4. The standard InChI is InChI=1S/C37H52N2O4S/c1-23(2)30-18-31(24(3)4)35(32(19-30)25(5)6)20-36(40)39-44(41,42)43-37-33(26(7)8)16-29(17-34(37)27(9)10)22-38-21-28-14-12-11-13-15-28/h11-19,23-27,38H,20-22H2,1-10H3,(H,39,40). The first-order valence-electron chi connectivity index (χ1n) is 15.9. The van der Waals surface area contributed by atoms with Crippen molar-refractivity contribution >= 4 is 16.2 Å². The minimum absolute atomic E-state index is 0.00384. The van der Waals surface area contributed by atoms with Crippen molar-refractivity contribution in [3.8, 4) is 5.75 Å². The molecule has 3 rings (SSSR count). The number of hydrogen-bond acceptors (Lipinski definition) is 5. The van der Waals surface area contributed by atoms with Crippen LogP contribution in [0.4, 0.5) is 0 Å². The maximum absolute atomic E-state index is 13.4. The van der Waals surface area contributed by atoms with E-state index in [0.717, 1.165) is 39.9 Å². The van der Waals surface area contributed by atoms with Crippen LogP contribution in [-0.2, 0) is 34.6 Å². The molecule has 0 fully saturated rings. The molecule has 0 spiro atoms. The number of amides is 1. The molecule has 0 radical (unpaired) electrons. The molecule has 2 N–H and O–H groups in total. The highest BCUT2D eigenvalue weighted by atomic mass is 32.2. The third-order valence-electron chi connectivity index (χ3n) is 7.97. The third kappa shape index (κ3) is 9.42. The average molecular weight is 621 g/mol. The minimum atomic E-state index is -4.43. The SMILES string of the molecule is CC(C)c1cc(C(C)C)c(CC(=O)NS(=O)(=O)Oc2c(C(C)C)cc(CNCc3ccccc3)cc2C(C)C)c(C(C)C)c1. The van der Waals surface area contributed by atoms with Crippen LogP contribution in [0.3, 0.4) is 0 Å². The van der Waals surface area contributed by atoms with Gasteiger partial charge in [-0.2, -0.15) is 8.42 Å². The van der Waals surface area contributed by atoms with Gasteiger partial charge in [0.1, 0.15) is 0 Å². The van der Waals surface area contributed by atoms with Crippen molar-refractivity contribution in [3.63, 3.8) is 0 Å². The predicted octanol–water partition coefficient (Wildman–Crippen LogP) is 8.58. The molecule has 0 saturated heterocycles. The van der Waals surface area contributed by atoms with Gasteiger partial charge in [-0.25, -0.2) is 4.72 Å². The van der Waals surface area contributed by atoms with Crippen LogP contribution < -0.4 is 14.2 Å². The first-order valence-corrected chi connectivity index (χ1v) is 17.3. The normalized spacial score (nSPS) is 12.2. The van der Waals surface area contributed by atoms with Gasteiger partial charge in [0.15, 0.2) is 5.75 Å². The van der Waals surface area contributed by atoms with Gasteiger partial charge in [0.25, 0.3) is 0 Å². The highest BCUT2D eigenvalue weighted by Gasteiger charge is 2.26. The van der Waals surface area contributed by atoms with E-state index < -0.39 is 16.2 Å². The van der Waals surface area contributed by atoms with E-state index in [1.807, 2.05) is 58.0 Å². The van der Waals surface area contributed by atoms with Crippen LogP contribution in [0.2, 0.25) is 0 Å². The van der Waals surface area contributed by atoms with E-state index in [0.29, 0.717) is 18.2 Å². The lowest BCUT2D eigenvalue weighted by molar-refractivity contribution is -0.118. The van der Waals surface area contributed by atoms with E-state index in [1.165, 1.54) is 11.1 Å². The van der Waals surface area contributed by atoms with Crippen LogP contribution in [0.1, 0.15) is 143 Å². The topological polar surface area (TPSA) is 84.5 Å². The fourth-order valence-corrected chi connectivity index (χ4v) is 6.32. The number of rotatable bonds is 14.